The topological polar surface area (TPSA) is 108 Å². The highest BCUT2D eigenvalue weighted by Crippen LogP contribution is 2.43. The summed E-state index contributed by atoms with van der Waals surface area (Å²) in [5.41, 5.74) is 0. The van der Waals surface area contributed by atoms with Gasteiger partial charge in [-0.15, -0.1) is 0 Å². The molecule has 0 radical (unpaired) electrons. The molecule has 8 nitrogen and oxygen atoms in total. The zero-order valence-corrected chi connectivity index (χ0v) is 16.1. The zero-order valence-electron chi connectivity index (χ0n) is 15.2. The van der Waals surface area contributed by atoms with Gasteiger partial charge in [0.05, 0.1) is 26.4 Å². The van der Waals surface area contributed by atoms with Crippen molar-refractivity contribution in [3.8, 4) is 0 Å². The Balaban J connectivity index is 3.59. The van der Waals surface area contributed by atoms with Crippen molar-refractivity contribution in [1.82, 2.24) is 0 Å². The number of hydrogen-bond acceptors (Lipinski definition) is 7. The summed E-state index contributed by atoms with van der Waals surface area (Å²) in [4.78, 5) is 31.9. The van der Waals surface area contributed by atoms with Crippen molar-refractivity contribution in [2.24, 2.45) is 0 Å². The van der Waals surface area contributed by atoms with E-state index >= 15 is 0 Å². The Morgan fingerprint density at radius 2 is 1.16 bits per heavy atom. The number of unbranched alkanes of at least 4 members (excludes halogenated alkanes) is 2. The molecule has 0 heterocycles. The maximum Gasteiger partial charge on any atom is 0.472 e. The van der Waals surface area contributed by atoms with Crippen molar-refractivity contribution >= 4 is 19.8 Å². The van der Waals surface area contributed by atoms with Crippen molar-refractivity contribution in [2.75, 3.05) is 26.4 Å². The first-order chi connectivity index (χ1) is 11.9. The SMILES string of the molecule is CCCCC(=O)OCCCOP(=O)(O)OCCCOC(=O)CCCC. The van der Waals surface area contributed by atoms with Crippen molar-refractivity contribution < 1.29 is 37.6 Å². The fraction of sp³-hybridized carbons (Fsp3) is 0.875. The number of ether oxygens (including phenoxy) is 2. The third-order valence-electron chi connectivity index (χ3n) is 3.08. The van der Waals surface area contributed by atoms with E-state index in [1.54, 1.807) is 0 Å². The van der Waals surface area contributed by atoms with Gasteiger partial charge in [0.25, 0.3) is 0 Å². The van der Waals surface area contributed by atoms with Crippen LogP contribution in [-0.2, 0) is 32.7 Å². The number of carbonyl (C=O) groups excluding carboxylic acids is 2. The van der Waals surface area contributed by atoms with E-state index in [1.165, 1.54) is 0 Å². The lowest BCUT2D eigenvalue weighted by molar-refractivity contribution is -0.144. The number of phosphoric acid groups is 1. The van der Waals surface area contributed by atoms with Crippen LogP contribution in [0.15, 0.2) is 0 Å². The summed E-state index contributed by atoms with van der Waals surface area (Å²) in [7, 11) is -4.14. The maximum atomic E-state index is 11.6. The lowest BCUT2D eigenvalue weighted by atomic mass is 10.2. The molecule has 0 aliphatic heterocycles. The van der Waals surface area contributed by atoms with Gasteiger partial charge in [0, 0.05) is 25.7 Å². The molecule has 0 amide bonds. The van der Waals surface area contributed by atoms with Crippen LogP contribution in [-0.4, -0.2) is 43.3 Å². The molecular formula is C16H31O8P. The molecule has 0 aromatic carbocycles. The van der Waals surface area contributed by atoms with E-state index < -0.39 is 7.82 Å². The van der Waals surface area contributed by atoms with Crippen LogP contribution in [0.2, 0.25) is 0 Å². The number of esters is 2. The van der Waals surface area contributed by atoms with Gasteiger partial charge in [-0.2, -0.15) is 0 Å². The molecule has 9 heteroatoms. The summed E-state index contributed by atoms with van der Waals surface area (Å²) in [6, 6.07) is 0. The van der Waals surface area contributed by atoms with Crippen LogP contribution < -0.4 is 0 Å². The highest BCUT2D eigenvalue weighted by Gasteiger charge is 2.20. The summed E-state index contributed by atoms with van der Waals surface area (Å²) in [6.45, 7) is 4.13. The quantitative estimate of drug-likeness (QED) is 0.246. The maximum absolute atomic E-state index is 11.6. The molecule has 0 unspecified atom stereocenters. The molecule has 1 N–H and O–H groups in total. The van der Waals surface area contributed by atoms with Gasteiger partial charge in [-0.1, -0.05) is 26.7 Å². The Kier molecular flexibility index (Phi) is 14.7. The van der Waals surface area contributed by atoms with Gasteiger partial charge in [0.15, 0.2) is 0 Å². The van der Waals surface area contributed by atoms with Crippen LogP contribution in [0.4, 0.5) is 0 Å². The van der Waals surface area contributed by atoms with Crippen molar-refractivity contribution in [2.45, 2.75) is 65.2 Å². The number of phosphoric ester groups is 1. The smallest absolute Gasteiger partial charge is 0.466 e. The van der Waals surface area contributed by atoms with Gasteiger partial charge in [-0.25, -0.2) is 4.57 Å². The van der Waals surface area contributed by atoms with Crippen molar-refractivity contribution in [3.63, 3.8) is 0 Å². The van der Waals surface area contributed by atoms with E-state index in [9.17, 15) is 19.0 Å². The third kappa shape index (κ3) is 16.3. The Hall–Kier alpha value is -0.950. The summed E-state index contributed by atoms with van der Waals surface area (Å²) < 4.78 is 31.0. The van der Waals surface area contributed by atoms with Gasteiger partial charge in [0.2, 0.25) is 0 Å². The van der Waals surface area contributed by atoms with Crippen LogP contribution in [0.3, 0.4) is 0 Å². The molecule has 0 aliphatic carbocycles. The minimum absolute atomic E-state index is 0.0547. The van der Waals surface area contributed by atoms with Crippen molar-refractivity contribution in [1.29, 1.82) is 0 Å². The summed E-state index contributed by atoms with van der Waals surface area (Å²) >= 11 is 0. The van der Waals surface area contributed by atoms with Crippen LogP contribution in [0.5, 0.6) is 0 Å². The van der Waals surface area contributed by atoms with E-state index in [4.69, 9.17) is 18.5 Å². The third-order valence-corrected chi connectivity index (χ3v) is 4.10. The molecule has 0 aliphatic rings. The second-order valence-corrected chi connectivity index (χ2v) is 6.94. The summed E-state index contributed by atoms with van der Waals surface area (Å²) in [5, 5.41) is 0. The van der Waals surface area contributed by atoms with E-state index in [-0.39, 0.29) is 38.4 Å². The first-order valence-electron chi connectivity index (χ1n) is 8.84. The second-order valence-electron chi connectivity index (χ2n) is 5.49. The van der Waals surface area contributed by atoms with Crippen LogP contribution in [0.1, 0.15) is 65.2 Å². The first kappa shape index (κ1) is 24.1. The molecule has 148 valence electrons. The average Bonchev–Trinajstić information content (AvgIpc) is 2.57. The Labute approximate surface area is 149 Å². The zero-order chi connectivity index (χ0) is 19.0. The Morgan fingerprint density at radius 1 is 0.760 bits per heavy atom. The van der Waals surface area contributed by atoms with E-state index in [0.717, 1.165) is 25.7 Å². The molecule has 0 rings (SSSR count). The van der Waals surface area contributed by atoms with Gasteiger partial charge in [-0.05, 0) is 12.8 Å². The fourth-order valence-corrected chi connectivity index (χ4v) is 2.47. The van der Waals surface area contributed by atoms with Gasteiger partial charge >= 0.3 is 19.8 Å². The highest BCUT2D eigenvalue weighted by atomic mass is 31.2. The van der Waals surface area contributed by atoms with E-state index in [2.05, 4.69) is 0 Å². The normalized spacial score (nSPS) is 11.3. The predicted molar refractivity (Wildman–Crippen MR) is 91.9 cm³/mol. The average molecular weight is 382 g/mol. The van der Waals surface area contributed by atoms with Crippen molar-refractivity contribution in [3.05, 3.63) is 0 Å². The van der Waals surface area contributed by atoms with E-state index in [1.807, 2.05) is 13.8 Å². The molecule has 25 heavy (non-hydrogen) atoms. The Bertz CT molecular complexity index is 379. The largest absolute Gasteiger partial charge is 0.472 e. The molecule has 0 fully saturated rings. The highest BCUT2D eigenvalue weighted by molar-refractivity contribution is 7.47. The second kappa shape index (κ2) is 15.3. The molecule has 0 atom stereocenters. The summed E-state index contributed by atoms with van der Waals surface area (Å²) in [6.07, 6.45) is 4.76. The molecule has 0 saturated carbocycles. The number of rotatable bonds is 16. The fourth-order valence-electron chi connectivity index (χ4n) is 1.67. The van der Waals surface area contributed by atoms with Gasteiger partial charge < -0.3 is 14.4 Å². The molecule has 0 saturated heterocycles. The van der Waals surface area contributed by atoms with Crippen LogP contribution in [0, 0.1) is 0 Å². The Morgan fingerprint density at radius 3 is 1.52 bits per heavy atom. The lowest BCUT2D eigenvalue weighted by Crippen LogP contribution is -2.09. The minimum atomic E-state index is -4.14. The van der Waals surface area contributed by atoms with Gasteiger partial charge in [-0.3, -0.25) is 18.6 Å². The van der Waals surface area contributed by atoms with E-state index in [0.29, 0.717) is 25.7 Å². The van der Waals surface area contributed by atoms with Gasteiger partial charge in [0.1, 0.15) is 0 Å². The van der Waals surface area contributed by atoms with Crippen LogP contribution in [0.25, 0.3) is 0 Å². The lowest BCUT2D eigenvalue weighted by Gasteiger charge is -2.12. The van der Waals surface area contributed by atoms with Crippen LogP contribution >= 0.6 is 7.82 Å². The number of carbonyl (C=O) groups is 2. The molecule has 0 bridgehead atoms. The molecule has 0 spiro atoms. The molecular weight excluding hydrogens is 351 g/mol. The first-order valence-corrected chi connectivity index (χ1v) is 10.3. The monoisotopic (exact) mass is 382 g/mol. The molecule has 0 aromatic heterocycles. The summed E-state index contributed by atoms with van der Waals surface area (Å²) in [5.74, 6) is -0.558. The number of hydrogen-bond donors (Lipinski definition) is 1. The standard InChI is InChI=1S/C16H31O8P/c1-3-5-9-15(17)21-11-7-13-23-25(19,20)24-14-8-12-22-16(18)10-6-4-2/h3-14H2,1-2H3,(H,19,20). The molecule has 0 aromatic rings. The predicted octanol–water partition coefficient (Wildman–Crippen LogP) is 3.37. The minimum Gasteiger partial charge on any atom is -0.466 e.